The van der Waals surface area contributed by atoms with Crippen molar-refractivity contribution in [2.75, 3.05) is 20.2 Å². The van der Waals surface area contributed by atoms with Crippen molar-refractivity contribution in [2.45, 2.75) is 19.9 Å². The van der Waals surface area contributed by atoms with Crippen molar-refractivity contribution in [3.05, 3.63) is 20.8 Å². The number of esters is 1. The molecule has 0 saturated carbocycles. The van der Waals surface area contributed by atoms with E-state index in [1.54, 1.807) is 11.3 Å². The fourth-order valence-corrected chi connectivity index (χ4v) is 2.85. The number of carbonyl (C=O) groups excluding carboxylic acids is 1. The van der Waals surface area contributed by atoms with Gasteiger partial charge < -0.3 is 4.74 Å². The Bertz CT molecular complexity index is 340. The maximum Gasteiger partial charge on any atom is 0.306 e. The molecule has 0 spiro atoms. The minimum absolute atomic E-state index is 0.147. The fraction of sp³-hybridized carbons (Fsp3) is 0.545. The average Bonchev–Trinajstić information content (AvgIpc) is 2.69. The van der Waals surface area contributed by atoms with Crippen LogP contribution in [0.1, 0.15) is 18.2 Å². The summed E-state index contributed by atoms with van der Waals surface area (Å²) >= 11 is 5.16. The lowest BCUT2D eigenvalue weighted by Gasteiger charge is -2.18. The first-order chi connectivity index (χ1) is 7.65. The molecule has 0 unspecified atom stereocenters. The molecular weight excluding hydrogens is 290 g/mol. The van der Waals surface area contributed by atoms with Crippen LogP contribution in [-0.2, 0) is 16.1 Å². The van der Waals surface area contributed by atoms with Crippen molar-refractivity contribution in [1.82, 2.24) is 4.90 Å². The number of hydrogen-bond acceptors (Lipinski definition) is 4. The first kappa shape index (κ1) is 13.7. The summed E-state index contributed by atoms with van der Waals surface area (Å²) in [7, 11) is 1.43. The highest BCUT2D eigenvalue weighted by Crippen LogP contribution is 2.21. The largest absolute Gasteiger partial charge is 0.469 e. The van der Waals surface area contributed by atoms with Gasteiger partial charge in [-0.05, 0) is 28.5 Å². The lowest BCUT2D eigenvalue weighted by molar-refractivity contribution is -0.141. The summed E-state index contributed by atoms with van der Waals surface area (Å²) in [4.78, 5) is 14.6. The molecule has 0 aliphatic heterocycles. The number of rotatable bonds is 6. The first-order valence-electron chi connectivity index (χ1n) is 5.17. The predicted octanol–water partition coefficient (Wildman–Crippen LogP) is 2.90. The van der Waals surface area contributed by atoms with E-state index < -0.39 is 0 Å². The topological polar surface area (TPSA) is 29.5 Å². The summed E-state index contributed by atoms with van der Waals surface area (Å²) < 4.78 is 5.75. The van der Waals surface area contributed by atoms with Crippen LogP contribution >= 0.6 is 27.3 Å². The van der Waals surface area contributed by atoms with Crippen molar-refractivity contribution < 1.29 is 9.53 Å². The molecule has 0 aliphatic rings. The second-order valence-electron chi connectivity index (χ2n) is 3.43. The summed E-state index contributed by atoms with van der Waals surface area (Å²) in [5.41, 5.74) is 0. The van der Waals surface area contributed by atoms with E-state index in [0.717, 1.165) is 24.1 Å². The van der Waals surface area contributed by atoms with Crippen molar-refractivity contribution in [2.24, 2.45) is 0 Å². The number of carbonyl (C=O) groups is 1. The van der Waals surface area contributed by atoms with Crippen LogP contribution in [-0.4, -0.2) is 31.1 Å². The lowest BCUT2D eigenvalue weighted by Crippen LogP contribution is -2.25. The Hall–Kier alpha value is -0.390. The standard InChI is InChI=1S/C11H16BrNO2S/c1-3-13(5-4-11(14)15-2)7-10-6-9(12)8-16-10/h6,8H,3-5,7H2,1-2H3. The van der Waals surface area contributed by atoms with Crippen molar-refractivity contribution in [3.63, 3.8) is 0 Å². The third-order valence-corrected chi connectivity index (χ3v) is 3.99. The molecule has 1 aromatic rings. The van der Waals surface area contributed by atoms with E-state index in [0.29, 0.717) is 6.42 Å². The Balaban J connectivity index is 2.40. The zero-order chi connectivity index (χ0) is 12.0. The second-order valence-corrected chi connectivity index (χ2v) is 5.34. The number of thiophene rings is 1. The fourth-order valence-electron chi connectivity index (χ4n) is 1.36. The molecule has 0 amide bonds. The minimum Gasteiger partial charge on any atom is -0.469 e. The molecule has 0 bridgehead atoms. The third-order valence-electron chi connectivity index (χ3n) is 2.31. The van der Waals surface area contributed by atoms with Crippen LogP contribution in [0, 0.1) is 0 Å². The molecule has 1 aromatic heterocycles. The van der Waals surface area contributed by atoms with E-state index in [1.807, 2.05) is 0 Å². The number of ether oxygens (including phenoxy) is 1. The summed E-state index contributed by atoms with van der Waals surface area (Å²) in [5.74, 6) is -0.147. The van der Waals surface area contributed by atoms with Gasteiger partial charge in [0.05, 0.1) is 13.5 Å². The average molecular weight is 306 g/mol. The van der Waals surface area contributed by atoms with Gasteiger partial charge in [-0.1, -0.05) is 6.92 Å². The number of halogens is 1. The van der Waals surface area contributed by atoms with Gasteiger partial charge in [0.1, 0.15) is 0 Å². The molecule has 16 heavy (non-hydrogen) atoms. The Morgan fingerprint density at radius 3 is 2.88 bits per heavy atom. The quantitative estimate of drug-likeness (QED) is 0.757. The van der Waals surface area contributed by atoms with Crippen LogP contribution in [0.4, 0.5) is 0 Å². The van der Waals surface area contributed by atoms with Gasteiger partial charge in [0.25, 0.3) is 0 Å². The van der Waals surface area contributed by atoms with Crippen molar-refractivity contribution in [3.8, 4) is 0 Å². The SMILES string of the molecule is CCN(CCC(=O)OC)Cc1cc(Br)cs1. The van der Waals surface area contributed by atoms with Crippen LogP contribution < -0.4 is 0 Å². The Morgan fingerprint density at radius 2 is 2.38 bits per heavy atom. The maximum absolute atomic E-state index is 11.0. The van der Waals surface area contributed by atoms with Gasteiger partial charge in [-0.2, -0.15) is 0 Å². The molecule has 5 heteroatoms. The Labute approximate surface area is 109 Å². The summed E-state index contributed by atoms with van der Waals surface area (Å²) in [6, 6.07) is 2.12. The van der Waals surface area contributed by atoms with Crippen LogP contribution in [0.2, 0.25) is 0 Å². The highest BCUT2D eigenvalue weighted by atomic mass is 79.9. The zero-order valence-electron chi connectivity index (χ0n) is 9.53. The van der Waals surface area contributed by atoms with E-state index in [4.69, 9.17) is 0 Å². The van der Waals surface area contributed by atoms with Gasteiger partial charge in [0.2, 0.25) is 0 Å². The molecule has 3 nitrogen and oxygen atoms in total. The Morgan fingerprint density at radius 1 is 1.62 bits per heavy atom. The van der Waals surface area contributed by atoms with Crippen LogP contribution in [0.25, 0.3) is 0 Å². The molecule has 0 saturated heterocycles. The van der Waals surface area contributed by atoms with Crippen LogP contribution in [0.5, 0.6) is 0 Å². The van der Waals surface area contributed by atoms with Gasteiger partial charge in [0, 0.05) is 27.8 Å². The molecule has 0 aliphatic carbocycles. The molecule has 0 radical (unpaired) electrons. The number of methoxy groups -OCH3 is 1. The monoisotopic (exact) mass is 305 g/mol. The summed E-state index contributed by atoms with van der Waals surface area (Å²) in [6.45, 7) is 4.68. The number of nitrogens with zero attached hydrogens (tertiary/aromatic N) is 1. The van der Waals surface area contributed by atoms with E-state index in [9.17, 15) is 4.79 Å². The predicted molar refractivity (Wildman–Crippen MR) is 69.6 cm³/mol. The maximum atomic E-state index is 11.0. The molecule has 90 valence electrons. The summed E-state index contributed by atoms with van der Waals surface area (Å²) in [6.07, 6.45) is 0.455. The second kappa shape index (κ2) is 7.04. The Kier molecular flexibility index (Phi) is 6.01. The van der Waals surface area contributed by atoms with Gasteiger partial charge in [-0.3, -0.25) is 9.69 Å². The molecule has 0 fully saturated rings. The highest BCUT2D eigenvalue weighted by Gasteiger charge is 2.08. The highest BCUT2D eigenvalue weighted by molar-refractivity contribution is 9.10. The normalized spacial score (nSPS) is 10.8. The van der Waals surface area contributed by atoms with E-state index in [2.05, 4.69) is 43.9 Å². The van der Waals surface area contributed by atoms with E-state index in [1.165, 1.54) is 12.0 Å². The van der Waals surface area contributed by atoms with Gasteiger partial charge >= 0.3 is 5.97 Å². The van der Waals surface area contributed by atoms with Gasteiger partial charge in [-0.25, -0.2) is 0 Å². The molecule has 0 atom stereocenters. The molecule has 1 rings (SSSR count). The zero-order valence-corrected chi connectivity index (χ0v) is 11.9. The van der Waals surface area contributed by atoms with Crippen molar-refractivity contribution >= 4 is 33.2 Å². The lowest BCUT2D eigenvalue weighted by atomic mass is 10.3. The van der Waals surface area contributed by atoms with Crippen molar-refractivity contribution in [1.29, 1.82) is 0 Å². The molecule has 0 aromatic carbocycles. The molecule has 1 heterocycles. The first-order valence-corrected chi connectivity index (χ1v) is 6.85. The number of hydrogen-bond donors (Lipinski definition) is 0. The third kappa shape index (κ3) is 4.63. The smallest absolute Gasteiger partial charge is 0.306 e. The van der Waals surface area contributed by atoms with Crippen LogP contribution in [0.15, 0.2) is 15.9 Å². The van der Waals surface area contributed by atoms with Gasteiger partial charge in [-0.15, -0.1) is 11.3 Å². The van der Waals surface area contributed by atoms with E-state index in [-0.39, 0.29) is 5.97 Å². The van der Waals surface area contributed by atoms with Gasteiger partial charge in [0.15, 0.2) is 0 Å². The molecule has 0 N–H and O–H groups in total. The molecular formula is C11H16BrNO2S. The van der Waals surface area contributed by atoms with Crippen LogP contribution in [0.3, 0.4) is 0 Å². The van der Waals surface area contributed by atoms with E-state index >= 15 is 0 Å². The summed E-state index contributed by atoms with van der Waals surface area (Å²) in [5, 5.41) is 2.07. The minimum atomic E-state index is -0.147.